The molecule has 0 saturated carbocycles. The highest BCUT2D eigenvalue weighted by atomic mass is 16.5. The van der Waals surface area contributed by atoms with Crippen molar-refractivity contribution in [3.8, 4) is 28.4 Å². The van der Waals surface area contributed by atoms with Gasteiger partial charge in [-0.2, -0.15) is 0 Å². The van der Waals surface area contributed by atoms with E-state index in [2.05, 4.69) is 9.97 Å². The molecule has 1 aliphatic rings. The monoisotopic (exact) mass is 466 g/mol. The molecule has 0 unspecified atom stereocenters. The lowest BCUT2D eigenvalue weighted by molar-refractivity contribution is -0.135. The van der Waals surface area contributed by atoms with E-state index in [0.717, 1.165) is 11.1 Å². The first-order valence-electron chi connectivity index (χ1n) is 10.9. The van der Waals surface area contributed by atoms with Crippen molar-refractivity contribution < 1.29 is 23.8 Å². The molecule has 35 heavy (non-hydrogen) atoms. The number of ether oxygens (including phenoxy) is 2. The Hall–Kier alpha value is -4.72. The third-order valence-corrected chi connectivity index (χ3v) is 6.27. The first-order valence-corrected chi connectivity index (χ1v) is 10.9. The number of rotatable bonds is 3. The number of aromatic hydroxyl groups is 1. The highest BCUT2D eigenvalue weighted by Gasteiger charge is 2.33. The van der Waals surface area contributed by atoms with Crippen molar-refractivity contribution in [1.82, 2.24) is 9.97 Å². The van der Waals surface area contributed by atoms with Crippen molar-refractivity contribution >= 4 is 28.0 Å². The number of hydrogen-bond acceptors (Lipinski definition) is 8. The zero-order valence-electron chi connectivity index (χ0n) is 18.5. The zero-order valence-corrected chi connectivity index (χ0v) is 18.5. The summed E-state index contributed by atoms with van der Waals surface area (Å²) in [6.07, 6.45) is 4.62. The van der Waals surface area contributed by atoms with Gasteiger partial charge in [-0.25, -0.2) is 0 Å². The van der Waals surface area contributed by atoms with E-state index in [0.29, 0.717) is 28.0 Å². The summed E-state index contributed by atoms with van der Waals surface area (Å²) < 4.78 is 16.6. The summed E-state index contributed by atoms with van der Waals surface area (Å²) in [5, 5.41) is 10.8. The van der Waals surface area contributed by atoms with Gasteiger partial charge in [0.1, 0.15) is 34.5 Å². The second kappa shape index (κ2) is 7.95. The molecule has 1 aliphatic heterocycles. The molecule has 0 radical (unpaired) electrons. The van der Waals surface area contributed by atoms with E-state index in [4.69, 9.17) is 13.9 Å². The number of carbonyl (C=O) groups is 1. The Morgan fingerprint density at radius 1 is 1.00 bits per heavy atom. The lowest BCUT2D eigenvalue weighted by Gasteiger charge is -2.26. The van der Waals surface area contributed by atoms with Crippen LogP contribution in [0.25, 0.3) is 33.1 Å². The number of fused-ring (bicyclic) bond motifs is 4. The van der Waals surface area contributed by atoms with Crippen LogP contribution in [-0.4, -0.2) is 28.2 Å². The summed E-state index contributed by atoms with van der Waals surface area (Å²) in [4.78, 5) is 34.6. The fourth-order valence-corrected chi connectivity index (χ4v) is 4.58. The average Bonchev–Trinajstić information content (AvgIpc) is 2.88. The molecule has 0 saturated heterocycles. The average molecular weight is 466 g/mol. The fraction of sp³-hybridized carbons (Fsp3) is 0.111. The lowest BCUT2D eigenvalue weighted by atomic mass is 9.84. The molecule has 0 fully saturated rings. The first-order chi connectivity index (χ1) is 17.0. The smallest absolute Gasteiger partial charge is 0.312 e. The van der Waals surface area contributed by atoms with Crippen molar-refractivity contribution in [3.05, 3.63) is 88.5 Å². The number of esters is 1. The van der Waals surface area contributed by atoms with Crippen molar-refractivity contribution in [2.45, 2.75) is 12.3 Å². The molecule has 3 aromatic carbocycles. The standard InChI is InChI=1S/C27H18N2O6/c1-33-16-5-2-14(3-6-16)18-13-34-27-24-17(15-4-7-19-20(10-15)29-9-8-28-19)11-23(31)35-22(24)12-21(30)25(27)26(18)32/h2-10,12-13,17,30H,11H2,1H3/t17-/m0/s1. The predicted octanol–water partition coefficient (Wildman–Crippen LogP) is 4.56. The molecular formula is C27H18N2O6. The maximum absolute atomic E-state index is 13.5. The van der Waals surface area contributed by atoms with Crippen LogP contribution in [0.2, 0.25) is 0 Å². The van der Waals surface area contributed by atoms with E-state index >= 15 is 0 Å². The van der Waals surface area contributed by atoms with Crippen LogP contribution < -0.4 is 14.9 Å². The Morgan fingerprint density at radius 3 is 2.54 bits per heavy atom. The summed E-state index contributed by atoms with van der Waals surface area (Å²) in [5.41, 5.74) is 3.42. The summed E-state index contributed by atoms with van der Waals surface area (Å²) in [6.45, 7) is 0. The van der Waals surface area contributed by atoms with E-state index in [1.165, 1.54) is 12.3 Å². The summed E-state index contributed by atoms with van der Waals surface area (Å²) in [6, 6.07) is 13.8. The minimum atomic E-state index is -0.462. The van der Waals surface area contributed by atoms with Crippen molar-refractivity contribution in [3.63, 3.8) is 0 Å². The molecule has 6 rings (SSSR count). The molecule has 0 bridgehead atoms. The quantitative estimate of drug-likeness (QED) is 0.304. The van der Waals surface area contributed by atoms with Crippen LogP contribution in [0.4, 0.5) is 0 Å². The largest absolute Gasteiger partial charge is 0.507 e. The Labute approximate surface area is 198 Å². The van der Waals surface area contributed by atoms with Gasteiger partial charge in [-0.3, -0.25) is 19.6 Å². The molecule has 2 aromatic heterocycles. The molecule has 172 valence electrons. The van der Waals surface area contributed by atoms with Gasteiger partial charge >= 0.3 is 5.97 Å². The normalized spacial score (nSPS) is 15.1. The molecule has 8 heteroatoms. The number of aromatic nitrogens is 2. The number of carbonyl (C=O) groups excluding carboxylic acids is 1. The van der Waals surface area contributed by atoms with Gasteiger partial charge in [0.15, 0.2) is 0 Å². The summed E-state index contributed by atoms with van der Waals surface area (Å²) >= 11 is 0. The molecule has 0 aliphatic carbocycles. The molecule has 8 nitrogen and oxygen atoms in total. The van der Waals surface area contributed by atoms with Gasteiger partial charge in [0.25, 0.3) is 0 Å². The van der Waals surface area contributed by atoms with Gasteiger partial charge in [-0.1, -0.05) is 18.2 Å². The van der Waals surface area contributed by atoms with Crippen molar-refractivity contribution in [2.75, 3.05) is 7.11 Å². The Kier molecular flexibility index (Phi) is 4.74. The van der Waals surface area contributed by atoms with E-state index in [1.54, 1.807) is 43.8 Å². The number of nitrogens with zero attached hydrogens (tertiary/aromatic N) is 2. The van der Waals surface area contributed by atoms with Gasteiger partial charge in [0.2, 0.25) is 5.43 Å². The molecule has 3 heterocycles. The molecule has 1 N–H and O–H groups in total. The molecule has 0 amide bonds. The minimum absolute atomic E-state index is 0.0283. The van der Waals surface area contributed by atoms with Crippen molar-refractivity contribution in [2.24, 2.45) is 0 Å². The third-order valence-electron chi connectivity index (χ3n) is 6.27. The van der Waals surface area contributed by atoms with E-state index < -0.39 is 17.3 Å². The van der Waals surface area contributed by atoms with Crippen LogP contribution in [0.15, 0.2) is 76.4 Å². The SMILES string of the molecule is COc1ccc(-c2coc3c4c(cc(O)c3c2=O)OC(=O)C[C@H]4c2ccc3nccnc3c2)cc1. The molecule has 5 aromatic rings. The second-order valence-electron chi connectivity index (χ2n) is 8.25. The van der Waals surface area contributed by atoms with Gasteiger partial charge in [-0.05, 0) is 35.4 Å². The topological polar surface area (TPSA) is 112 Å². The van der Waals surface area contributed by atoms with Gasteiger partial charge in [0.05, 0.1) is 30.1 Å². The van der Waals surface area contributed by atoms with Crippen LogP contribution in [0, 0.1) is 0 Å². The number of benzene rings is 3. The maximum Gasteiger partial charge on any atom is 0.312 e. The van der Waals surface area contributed by atoms with Crippen LogP contribution in [0.3, 0.4) is 0 Å². The zero-order chi connectivity index (χ0) is 24.1. The first kappa shape index (κ1) is 20.9. The predicted molar refractivity (Wildman–Crippen MR) is 128 cm³/mol. The number of phenolic OH excluding ortho intramolecular Hbond substituents is 1. The molecule has 1 atom stereocenters. The van der Waals surface area contributed by atoms with Crippen LogP contribution in [-0.2, 0) is 4.79 Å². The Balaban J connectivity index is 1.57. The number of hydrogen-bond donors (Lipinski definition) is 1. The third kappa shape index (κ3) is 3.38. The Morgan fingerprint density at radius 2 is 1.77 bits per heavy atom. The Bertz CT molecular complexity index is 1690. The highest BCUT2D eigenvalue weighted by Crippen LogP contribution is 2.45. The van der Waals surface area contributed by atoms with E-state index in [-0.39, 0.29) is 28.9 Å². The van der Waals surface area contributed by atoms with Gasteiger partial charge in [0, 0.05) is 29.9 Å². The van der Waals surface area contributed by atoms with Crippen LogP contribution in [0.5, 0.6) is 17.2 Å². The molecule has 0 spiro atoms. The minimum Gasteiger partial charge on any atom is -0.507 e. The number of phenols is 1. The van der Waals surface area contributed by atoms with Gasteiger partial charge in [-0.15, -0.1) is 0 Å². The van der Waals surface area contributed by atoms with Crippen LogP contribution in [0.1, 0.15) is 23.5 Å². The van der Waals surface area contributed by atoms with E-state index in [9.17, 15) is 14.7 Å². The fourth-order valence-electron chi connectivity index (χ4n) is 4.58. The molecular weight excluding hydrogens is 448 g/mol. The lowest BCUT2D eigenvalue weighted by Crippen LogP contribution is -2.22. The second-order valence-corrected chi connectivity index (χ2v) is 8.25. The van der Waals surface area contributed by atoms with Gasteiger partial charge < -0.3 is 19.0 Å². The van der Waals surface area contributed by atoms with E-state index in [1.807, 2.05) is 18.2 Å². The summed E-state index contributed by atoms with van der Waals surface area (Å²) in [7, 11) is 1.56. The van der Waals surface area contributed by atoms with Crippen molar-refractivity contribution in [1.29, 1.82) is 0 Å². The number of methoxy groups -OCH3 is 1. The highest BCUT2D eigenvalue weighted by molar-refractivity contribution is 5.94. The summed E-state index contributed by atoms with van der Waals surface area (Å²) in [5.74, 6) is -0.412. The van der Waals surface area contributed by atoms with Crippen LogP contribution >= 0.6 is 0 Å². The maximum atomic E-state index is 13.5.